The van der Waals surface area contributed by atoms with Crippen molar-refractivity contribution in [2.75, 3.05) is 7.05 Å². The summed E-state index contributed by atoms with van der Waals surface area (Å²) in [5.74, 6) is -0.0736. The molecule has 0 saturated heterocycles. The monoisotopic (exact) mass is 335 g/mol. The van der Waals surface area contributed by atoms with E-state index in [0.29, 0.717) is 5.56 Å². The summed E-state index contributed by atoms with van der Waals surface area (Å²) in [5.41, 5.74) is 5.22. The molecule has 0 aliphatic carbocycles. The molecule has 0 aliphatic heterocycles. The van der Waals surface area contributed by atoms with Gasteiger partial charge in [0.05, 0.1) is 0 Å². The maximum atomic E-state index is 11.0. The van der Waals surface area contributed by atoms with Gasteiger partial charge < -0.3 is 11.1 Å². The van der Waals surface area contributed by atoms with Crippen LogP contribution in [-0.4, -0.2) is 13.0 Å². The molecule has 0 atom stereocenters. The summed E-state index contributed by atoms with van der Waals surface area (Å²) >= 11 is 0. The van der Waals surface area contributed by atoms with Crippen LogP contribution in [0.25, 0.3) is 0 Å². The zero-order chi connectivity index (χ0) is 8.27. The summed E-state index contributed by atoms with van der Waals surface area (Å²) in [5, 5.41) is 2.54. The Morgan fingerprint density at radius 2 is 2.17 bits per heavy atom. The zero-order valence-electron chi connectivity index (χ0n) is 6.83. The van der Waals surface area contributed by atoms with Gasteiger partial charge in [-0.1, -0.05) is 6.07 Å². The Morgan fingerprint density at radius 3 is 2.67 bits per heavy atom. The van der Waals surface area contributed by atoms with Gasteiger partial charge in [0.25, 0.3) is 5.91 Å². The first-order valence-electron chi connectivity index (χ1n) is 3.38. The van der Waals surface area contributed by atoms with E-state index in [0.717, 1.165) is 5.69 Å². The van der Waals surface area contributed by atoms with Crippen molar-refractivity contribution >= 4 is 11.6 Å². The molecule has 0 aliphatic rings. The molecule has 1 aromatic rings. The second-order valence-electron chi connectivity index (χ2n) is 2.28. The van der Waals surface area contributed by atoms with Gasteiger partial charge in [-0.3, -0.25) is 4.79 Å². The summed E-state index contributed by atoms with van der Waals surface area (Å²) in [7, 11) is 1.61. The largest absolute Gasteiger partial charge is 0.355 e. The molecule has 0 heterocycles. The van der Waals surface area contributed by atoms with Crippen molar-refractivity contribution in [2.24, 2.45) is 0 Å². The molecule has 1 amide bonds. The van der Waals surface area contributed by atoms with Crippen LogP contribution in [-0.2, 0) is 21.1 Å². The van der Waals surface area contributed by atoms with Crippen LogP contribution in [0, 0.1) is 0 Å². The van der Waals surface area contributed by atoms with Crippen molar-refractivity contribution < 1.29 is 31.6 Å². The van der Waals surface area contributed by atoms with Crippen molar-refractivity contribution in [1.29, 1.82) is 0 Å². The fraction of sp³-hybridized carbons (Fsp3) is 0.125. The van der Waals surface area contributed by atoms with E-state index in [-0.39, 0.29) is 27.0 Å². The molecule has 3 nitrogen and oxygen atoms in total. The van der Waals surface area contributed by atoms with Gasteiger partial charge in [0.1, 0.15) is 5.69 Å². The van der Waals surface area contributed by atoms with Crippen molar-refractivity contribution in [3.05, 3.63) is 29.8 Å². The first-order chi connectivity index (χ1) is 5.24. The van der Waals surface area contributed by atoms with E-state index in [9.17, 15) is 4.79 Å². The van der Waals surface area contributed by atoms with E-state index < -0.39 is 0 Å². The Labute approximate surface area is 85.6 Å². The molecule has 4 N–H and O–H groups in total. The topological polar surface area (TPSA) is 56.7 Å². The fourth-order valence-electron chi connectivity index (χ4n) is 0.857. The molecular formula is C8H11N2OW+. The quantitative estimate of drug-likeness (QED) is 0.741. The Hall–Kier alpha value is -0.662. The first-order valence-corrected chi connectivity index (χ1v) is 3.38. The molecule has 64 valence electrons. The van der Waals surface area contributed by atoms with Crippen molar-refractivity contribution in [1.82, 2.24) is 5.32 Å². The number of benzene rings is 1. The zero-order valence-corrected chi connectivity index (χ0v) is 9.77. The van der Waals surface area contributed by atoms with Crippen LogP contribution in [0.4, 0.5) is 5.69 Å². The van der Waals surface area contributed by atoms with Gasteiger partial charge in [0.2, 0.25) is 0 Å². The first kappa shape index (κ1) is 11.3. The number of hydrogen-bond acceptors (Lipinski definition) is 1. The van der Waals surface area contributed by atoms with Crippen LogP contribution in [0.2, 0.25) is 0 Å². The van der Waals surface area contributed by atoms with Crippen LogP contribution < -0.4 is 11.1 Å². The minimum atomic E-state index is -0.0736. The summed E-state index contributed by atoms with van der Waals surface area (Å²) in [4.78, 5) is 11.0. The Bertz CT molecular complexity index is 276. The maximum absolute atomic E-state index is 11.0. The van der Waals surface area contributed by atoms with Crippen LogP contribution in [0.15, 0.2) is 24.3 Å². The second-order valence-corrected chi connectivity index (χ2v) is 2.28. The van der Waals surface area contributed by atoms with Crippen molar-refractivity contribution in [3.63, 3.8) is 0 Å². The Balaban J connectivity index is 0.00000121. The third-order valence-corrected chi connectivity index (χ3v) is 1.42. The Morgan fingerprint density at radius 1 is 1.50 bits per heavy atom. The number of amides is 1. The number of carbonyl (C=O) groups is 1. The normalized spacial score (nSPS) is 8.50. The predicted octanol–water partition coefficient (Wildman–Crippen LogP) is -0.0829. The third kappa shape index (κ3) is 2.76. The fourth-order valence-corrected chi connectivity index (χ4v) is 0.857. The standard InChI is InChI=1S/C8H10N2O.W/c1-10-8(11)6-3-2-4-7(9)5-6;/h2-5H,9H2,1H3,(H,10,11);/p+1. The number of quaternary nitrogens is 1. The number of hydrogen-bond donors (Lipinski definition) is 2. The van der Waals surface area contributed by atoms with Gasteiger partial charge in [-0.15, -0.1) is 0 Å². The SMILES string of the molecule is CNC(=O)c1cccc([NH3+])c1.[W]. The molecule has 0 bridgehead atoms. The summed E-state index contributed by atoms with van der Waals surface area (Å²) in [6, 6.07) is 7.17. The molecule has 0 spiro atoms. The summed E-state index contributed by atoms with van der Waals surface area (Å²) in [6.45, 7) is 0. The predicted molar refractivity (Wildman–Crippen MR) is 42.4 cm³/mol. The van der Waals surface area contributed by atoms with Crippen molar-refractivity contribution in [2.45, 2.75) is 0 Å². The van der Waals surface area contributed by atoms with Crippen LogP contribution in [0.1, 0.15) is 10.4 Å². The molecule has 4 heteroatoms. The van der Waals surface area contributed by atoms with Gasteiger partial charge in [-0.25, -0.2) is 0 Å². The maximum Gasteiger partial charge on any atom is 0.251 e. The van der Waals surface area contributed by atoms with E-state index in [1.165, 1.54) is 0 Å². The number of nitrogens with one attached hydrogen (secondary N) is 1. The van der Waals surface area contributed by atoms with Gasteiger partial charge in [0.15, 0.2) is 0 Å². The average molecular weight is 335 g/mol. The third-order valence-electron chi connectivity index (χ3n) is 1.42. The molecule has 1 rings (SSSR count). The van der Waals surface area contributed by atoms with E-state index >= 15 is 0 Å². The molecule has 0 fully saturated rings. The minimum absolute atomic E-state index is 0. The molecule has 0 unspecified atom stereocenters. The molecule has 0 aromatic heterocycles. The Kier molecular flexibility index (Phi) is 4.79. The molecular weight excluding hydrogens is 324 g/mol. The van der Waals surface area contributed by atoms with Crippen molar-refractivity contribution in [3.8, 4) is 0 Å². The number of rotatable bonds is 1. The van der Waals surface area contributed by atoms with E-state index in [4.69, 9.17) is 0 Å². The second kappa shape index (κ2) is 5.07. The van der Waals surface area contributed by atoms with E-state index in [2.05, 4.69) is 11.1 Å². The van der Waals surface area contributed by atoms with Gasteiger partial charge in [-0.2, -0.15) is 0 Å². The minimum Gasteiger partial charge on any atom is -0.355 e. The molecule has 0 saturated carbocycles. The van der Waals surface area contributed by atoms with Crippen LogP contribution in [0.3, 0.4) is 0 Å². The van der Waals surface area contributed by atoms with Gasteiger partial charge in [-0.05, 0) is 12.1 Å². The summed E-state index contributed by atoms with van der Waals surface area (Å²) in [6.07, 6.45) is 0. The van der Waals surface area contributed by atoms with E-state index in [1.807, 2.05) is 12.1 Å². The van der Waals surface area contributed by atoms with Crippen LogP contribution in [0.5, 0.6) is 0 Å². The van der Waals surface area contributed by atoms with Gasteiger partial charge >= 0.3 is 0 Å². The molecule has 12 heavy (non-hydrogen) atoms. The number of carbonyl (C=O) groups excluding carboxylic acids is 1. The van der Waals surface area contributed by atoms with E-state index in [1.54, 1.807) is 19.2 Å². The summed E-state index contributed by atoms with van der Waals surface area (Å²) < 4.78 is 0. The van der Waals surface area contributed by atoms with Gasteiger partial charge in [0, 0.05) is 39.7 Å². The molecule has 1 aromatic carbocycles. The average Bonchev–Trinajstić information content (AvgIpc) is 2.03. The van der Waals surface area contributed by atoms with Crippen LogP contribution >= 0.6 is 0 Å². The molecule has 0 radical (unpaired) electrons. The smallest absolute Gasteiger partial charge is 0.251 e.